The van der Waals surface area contributed by atoms with Gasteiger partial charge in [0.15, 0.2) is 11.2 Å². The Morgan fingerprint density at radius 1 is 0.622 bits per heavy atom. The molecule has 0 rings (SSSR count). The summed E-state index contributed by atoms with van der Waals surface area (Å²) in [4.78, 5) is 46.9. The maximum atomic E-state index is 11.8. The molecule has 2 unspecified atom stereocenters. The molecule has 37 heavy (non-hydrogen) atoms. The fourth-order valence-electron chi connectivity index (χ4n) is 2.37. The molecular weight excluding hydrogens is 654 g/mol. The summed E-state index contributed by atoms with van der Waals surface area (Å²) in [7, 11) is 0. The number of hydrogen-bond donors (Lipinski definition) is 2. The van der Waals surface area contributed by atoms with E-state index in [0.717, 1.165) is 0 Å². The van der Waals surface area contributed by atoms with Crippen molar-refractivity contribution in [3.8, 4) is 0 Å². The zero-order valence-corrected chi connectivity index (χ0v) is 27.7. The first-order valence-electron chi connectivity index (χ1n) is 10.8. The van der Waals surface area contributed by atoms with Crippen LogP contribution in [0.25, 0.3) is 0 Å². The van der Waals surface area contributed by atoms with Crippen molar-refractivity contribution in [3.05, 3.63) is 0 Å². The second-order valence-corrected chi connectivity index (χ2v) is 8.13. The fraction of sp³-hybridized carbons (Fsp3) is 0.810. The number of esters is 2. The first-order valence-corrected chi connectivity index (χ1v) is 10.8. The van der Waals surface area contributed by atoms with E-state index < -0.39 is 54.5 Å². The van der Waals surface area contributed by atoms with Gasteiger partial charge >= 0.3 is 24.2 Å². The van der Waals surface area contributed by atoms with Crippen LogP contribution in [-0.2, 0) is 113 Å². The molecule has 0 aromatic rings. The number of hydrogen-bond acceptors (Lipinski definition) is 14. The van der Waals surface area contributed by atoms with Gasteiger partial charge in [-0.05, 0) is 41.5 Å². The first-order chi connectivity index (χ1) is 16.2. The van der Waals surface area contributed by atoms with Gasteiger partial charge in [-0.3, -0.25) is 0 Å². The van der Waals surface area contributed by atoms with Gasteiger partial charge in [-0.1, -0.05) is 0 Å². The smallest absolute Gasteiger partial charge is 0.461 e. The molecule has 0 aromatic heterocycles. The van der Waals surface area contributed by atoms with Gasteiger partial charge < -0.3 is 48.1 Å². The molecule has 210 valence electrons. The van der Waals surface area contributed by atoms with Crippen LogP contribution in [0.3, 0.4) is 0 Å². The monoisotopic (exact) mass is 690 g/mol. The van der Waals surface area contributed by atoms with Crippen molar-refractivity contribution in [2.45, 2.75) is 65.0 Å². The Balaban J connectivity index is -0.00000578. The molecule has 0 aliphatic heterocycles. The molecule has 0 aromatic carbocycles. The zero-order valence-electron chi connectivity index (χ0n) is 22.1. The predicted octanol–water partition coefficient (Wildman–Crippen LogP) is 0.684. The van der Waals surface area contributed by atoms with Gasteiger partial charge in [0.25, 0.3) is 0 Å². The third kappa shape index (κ3) is 19.3. The SMILES string of the molecule is CC(COC(=O)OCOC(=O)OCC(C)OC(C)(C)C(=O)OCCO)OC(C)(C)C(=O)OCCO.[Y].[Y]. The molecule has 14 nitrogen and oxygen atoms in total. The van der Waals surface area contributed by atoms with Gasteiger partial charge in [0.2, 0.25) is 6.79 Å². The van der Waals surface area contributed by atoms with E-state index >= 15 is 0 Å². The Morgan fingerprint density at radius 2 is 0.946 bits per heavy atom. The summed E-state index contributed by atoms with van der Waals surface area (Å²) in [5.74, 6) is -1.39. The summed E-state index contributed by atoms with van der Waals surface area (Å²) in [6, 6.07) is 0. The van der Waals surface area contributed by atoms with Crippen molar-refractivity contribution in [3.63, 3.8) is 0 Å². The van der Waals surface area contributed by atoms with Crippen LogP contribution in [-0.4, -0.2) is 104 Å². The molecule has 0 bridgehead atoms. The van der Waals surface area contributed by atoms with Crippen LogP contribution in [0.4, 0.5) is 9.59 Å². The van der Waals surface area contributed by atoms with Crippen LogP contribution >= 0.6 is 0 Å². The molecule has 0 amide bonds. The van der Waals surface area contributed by atoms with Crippen LogP contribution in [0.15, 0.2) is 0 Å². The van der Waals surface area contributed by atoms with E-state index in [1.54, 1.807) is 13.8 Å². The Morgan fingerprint density at radius 3 is 1.24 bits per heavy atom. The molecule has 0 aliphatic carbocycles. The van der Waals surface area contributed by atoms with Gasteiger partial charge in [-0.2, -0.15) is 0 Å². The predicted molar refractivity (Wildman–Crippen MR) is 115 cm³/mol. The average Bonchev–Trinajstić information content (AvgIpc) is 2.77. The van der Waals surface area contributed by atoms with Gasteiger partial charge in [0.05, 0.1) is 25.4 Å². The van der Waals surface area contributed by atoms with E-state index in [2.05, 4.69) is 9.47 Å². The van der Waals surface area contributed by atoms with Gasteiger partial charge in [0.1, 0.15) is 26.4 Å². The Labute approximate surface area is 266 Å². The summed E-state index contributed by atoms with van der Waals surface area (Å²) in [6.45, 7) is 6.58. The molecule has 0 saturated heterocycles. The van der Waals surface area contributed by atoms with Crippen LogP contribution in [0.2, 0.25) is 0 Å². The summed E-state index contributed by atoms with van der Waals surface area (Å²) < 4.78 is 39.3. The molecule has 0 aliphatic rings. The summed E-state index contributed by atoms with van der Waals surface area (Å²) in [5, 5.41) is 17.4. The van der Waals surface area contributed by atoms with E-state index in [9.17, 15) is 19.2 Å². The third-order valence-corrected chi connectivity index (χ3v) is 3.85. The second-order valence-electron chi connectivity index (χ2n) is 8.13. The summed E-state index contributed by atoms with van der Waals surface area (Å²) in [6.07, 6.45) is -3.74. The Kier molecular flexibility index (Phi) is 23.7. The van der Waals surface area contributed by atoms with E-state index in [0.29, 0.717) is 0 Å². The molecule has 16 heteroatoms. The number of aliphatic hydroxyl groups excluding tert-OH is 2. The van der Waals surface area contributed by atoms with E-state index in [-0.39, 0.29) is 105 Å². The number of aliphatic hydroxyl groups is 2. The quantitative estimate of drug-likeness (QED) is 0.131. The maximum Gasteiger partial charge on any atom is 0.511 e. The molecule has 2 atom stereocenters. The number of carbonyl (C=O) groups is 4. The minimum absolute atomic E-state index is 0. The van der Waals surface area contributed by atoms with Crippen molar-refractivity contribution in [2.24, 2.45) is 0 Å². The molecule has 0 spiro atoms. The van der Waals surface area contributed by atoms with Crippen LogP contribution < -0.4 is 0 Å². The van der Waals surface area contributed by atoms with Crippen molar-refractivity contribution in [1.29, 1.82) is 0 Å². The number of rotatable bonds is 16. The van der Waals surface area contributed by atoms with Crippen molar-refractivity contribution in [2.75, 3.05) is 46.4 Å². The standard InChI is InChI=1S/C21H36O14.2Y/c1-14(34-20(3,4)16(24)28-9-7-22)11-30-18(26)32-13-33-19(27)31-12-15(2)35-21(5,6)17(25)29-10-8-23;;/h14-15,22-23H,7-13H2,1-6H3;;. The van der Waals surface area contributed by atoms with E-state index in [1.807, 2.05) is 0 Å². The van der Waals surface area contributed by atoms with Crippen molar-refractivity contribution < 1.29 is 133 Å². The third-order valence-electron chi connectivity index (χ3n) is 3.85. The van der Waals surface area contributed by atoms with Crippen LogP contribution in [0.1, 0.15) is 41.5 Å². The van der Waals surface area contributed by atoms with Crippen LogP contribution in [0, 0.1) is 0 Å². The summed E-state index contributed by atoms with van der Waals surface area (Å²) in [5.41, 5.74) is -2.69. The van der Waals surface area contributed by atoms with Crippen LogP contribution in [0.5, 0.6) is 0 Å². The van der Waals surface area contributed by atoms with Gasteiger partial charge in [-0.25, -0.2) is 19.2 Å². The molecular formula is C21H36O14Y2. The van der Waals surface area contributed by atoms with Gasteiger partial charge in [0, 0.05) is 65.4 Å². The number of ether oxygens (including phenoxy) is 8. The molecule has 0 fully saturated rings. The van der Waals surface area contributed by atoms with Crippen molar-refractivity contribution in [1.82, 2.24) is 0 Å². The minimum Gasteiger partial charge on any atom is -0.461 e. The fourth-order valence-corrected chi connectivity index (χ4v) is 2.37. The van der Waals surface area contributed by atoms with E-state index in [4.69, 9.17) is 38.6 Å². The van der Waals surface area contributed by atoms with Crippen molar-refractivity contribution >= 4 is 24.2 Å². The maximum absolute atomic E-state index is 11.8. The first kappa shape index (κ1) is 41.0. The zero-order chi connectivity index (χ0) is 27.1. The Bertz CT molecular complexity index is 630. The molecule has 0 heterocycles. The molecule has 0 saturated carbocycles. The molecule has 2 N–H and O–H groups in total. The Hall–Kier alpha value is -0.472. The normalized spacial score (nSPS) is 12.5. The molecule has 2 radical (unpaired) electrons. The average molecular weight is 690 g/mol. The summed E-state index contributed by atoms with van der Waals surface area (Å²) >= 11 is 0. The largest absolute Gasteiger partial charge is 0.511 e. The second kappa shape index (κ2) is 21.4. The number of carbonyl (C=O) groups excluding carboxylic acids is 4. The topological polar surface area (TPSA) is 183 Å². The van der Waals surface area contributed by atoms with E-state index in [1.165, 1.54) is 27.7 Å². The minimum atomic E-state index is -1.34. The van der Waals surface area contributed by atoms with Gasteiger partial charge in [-0.15, -0.1) is 0 Å².